The van der Waals surface area contributed by atoms with Crippen molar-refractivity contribution in [3.05, 3.63) is 52.0 Å². The predicted octanol–water partition coefficient (Wildman–Crippen LogP) is 3.34. The summed E-state index contributed by atoms with van der Waals surface area (Å²) in [6.45, 7) is 6.64. The summed E-state index contributed by atoms with van der Waals surface area (Å²) < 4.78 is 26.1. The number of unbranched alkanes of at least 4 members (excludes halogenated alkanes) is 1. The molecule has 0 N–H and O–H groups in total. The average Bonchev–Trinajstić information content (AvgIpc) is 3.36. The quantitative estimate of drug-likeness (QED) is 0.256. The minimum Gasteiger partial charge on any atom is -0.482 e. The van der Waals surface area contributed by atoms with E-state index < -0.39 is 23.9 Å². The molecule has 0 aliphatic carbocycles. The molecule has 4 rings (SSSR count). The Morgan fingerprint density at radius 2 is 1.82 bits per heavy atom. The summed E-state index contributed by atoms with van der Waals surface area (Å²) in [7, 11) is 1.29. The van der Waals surface area contributed by atoms with Crippen molar-refractivity contribution < 1.29 is 42.2 Å². The van der Waals surface area contributed by atoms with Crippen LogP contribution in [0.4, 0.5) is 4.79 Å². The van der Waals surface area contributed by atoms with E-state index >= 15 is 0 Å². The SMILES string of the molecule is CCCCC(C)OC(=O)COc1ccc(C(=O)CN2CCN(C3CCN(C(=O)OC)C(c4oc(=O)oc4C)C3)CC2=O)cc1. The second-order valence-electron chi connectivity index (χ2n) is 11.2. The molecular weight excluding hydrogens is 574 g/mol. The Bertz CT molecular complexity index is 1370. The van der Waals surface area contributed by atoms with Crippen LogP contribution in [-0.2, 0) is 19.1 Å². The maximum atomic E-state index is 13.1. The van der Waals surface area contributed by atoms with E-state index in [1.165, 1.54) is 12.0 Å². The number of ketones is 1. The zero-order chi connectivity index (χ0) is 31.8. The van der Waals surface area contributed by atoms with Crippen molar-refractivity contribution >= 4 is 23.8 Å². The van der Waals surface area contributed by atoms with Gasteiger partial charge in [-0.2, -0.15) is 0 Å². The van der Waals surface area contributed by atoms with E-state index in [2.05, 4.69) is 6.92 Å². The fraction of sp³-hybridized carbons (Fsp3) is 0.581. The number of ether oxygens (including phenoxy) is 3. The smallest absolute Gasteiger partial charge is 0.482 e. The Morgan fingerprint density at radius 1 is 1.07 bits per heavy atom. The van der Waals surface area contributed by atoms with Crippen LogP contribution >= 0.6 is 0 Å². The lowest BCUT2D eigenvalue weighted by Gasteiger charge is -2.44. The van der Waals surface area contributed by atoms with E-state index in [9.17, 15) is 24.0 Å². The number of benzene rings is 1. The molecule has 2 aromatic rings. The molecule has 0 bridgehead atoms. The van der Waals surface area contributed by atoms with Crippen LogP contribution in [0.5, 0.6) is 5.75 Å². The molecule has 2 fully saturated rings. The van der Waals surface area contributed by atoms with Crippen molar-refractivity contribution in [2.24, 2.45) is 0 Å². The third kappa shape index (κ3) is 8.28. The summed E-state index contributed by atoms with van der Waals surface area (Å²) >= 11 is 0. The highest BCUT2D eigenvalue weighted by Gasteiger charge is 2.40. The monoisotopic (exact) mass is 615 g/mol. The van der Waals surface area contributed by atoms with Gasteiger partial charge in [0, 0.05) is 31.2 Å². The predicted molar refractivity (Wildman–Crippen MR) is 156 cm³/mol. The number of amides is 2. The number of piperidine rings is 1. The number of methoxy groups -OCH3 is 1. The van der Waals surface area contributed by atoms with Gasteiger partial charge < -0.3 is 27.9 Å². The molecule has 240 valence electrons. The molecule has 0 spiro atoms. The standard InChI is InChI=1S/C31H41N3O10/c1-5-6-7-20(2)42-28(37)19-41-24-10-8-22(9-11-24)26(35)17-33-15-14-32(18-27(33)36)23-12-13-34(30(38)40-4)25(16-23)29-21(3)43-31(39)44-29/h8-11,20,23,25H,5-7,12-19H2,1-4H3. The van der Waals surface area contributed by atoms with Crippen molar-refractivity contribution in [3.8, 4) is 5.75 Å². The molecule has 13 nitrogen and oxygen atoms in total. The number of piperazine rings is 1. The van der Waals surface area contributed by atoms with Crippen molar-refractivity contribution in [3.63, 3.8) is 0 Å². The van der Waals surface area contributed by atoms with E-state index in [0.29, 0.717) is 49.5 Å². The van der Waals surface area contributed by atoms with Gasteiger partial charge in [0.1, 0.15) is 11.5 Å². The van der Waals surface area contributed by atoms with Crippen LogP contribution < -0.4 is 10.6 Å². The highest BCUT2D eigenvalue weighted by molar-refractivity contribution is 5.99. The van der Waals surface area contributed by atoms with E-state index in [4.69, 9.17) is 23.0 Å². The van der Waals surface area contributed by atoms with Gasteiger partial charge in [-0.15, -0.1) is 0 Å². The third-order valence-electron chi connectivity index (χ3n) is 8.09. The highest BCUT2D eigenvalue weighted by atomic mass is 16.6. The van der Waals surface area contributed by atoms with Gasteiger partial charge in [-0.05, 0) is 57.4 Å². The number of carbonyl (C=O) groups excluding carboxylic acids is 4. The van der Waals surface area contributed by atoms with Gasteiger partial charge in [-0.3, -0.25) is 19.4 Å². The summed E-state index contributed by atoms with van der Waals surface area (Å²) in [5, 5.41) is 0. The number of esters is 1. The lowest BCUT2D eigenvalue weighted by molar-refractivity contribution is -0.151. The van der Waals surface area contributed by atoms with Crippen LogP contribution in [-0.4, -0.2) is 97.0 Å². The second-order valence-corrected chi connectivity index (χ2v) is 11.2. The average molecular weight is 616 g/mol. The van der Waals surface area contributed by atoms with Crippen LogP contribution in [0.3, 0.4) is 0 Å². The zero-order valence-corrected chi connectivity index (χ0v) is 25.7. The molecule has 13 heteroatoms. The number of likely N-dealkylation sites (tertiary alicyclic amines) is 1. The number of aryl methyl sites for hydroxylation is 1. The summed E-state index contributed by atoms with van der Waals surface area (Å²) in [6, 6.07) is 5.81. The van der Waals surface area contributed by atoms with Gasteiger partial charge in [0.25, 0.3) is 0 Å². The molecule has 2 amide bonds. The summed E-state index contributed by atoms with van der Waals surface area (Å²) in [5.74, 6) is -0.663. The van der Waals surface area contributed by atoms with Crippen LogP contribution in [0.25, 0.3) is 0 Å². The van der Waals surface area contributed by atoms with E-state index in [1.807, 2.05) is 11.8 Å². The molecule has 44 heavy (non-hydrogen) atoms. The Labute approximate surface area is 256 Å². The maximum absolute atomic E-state index is 13.1. The largest absolute Gasteiger partial charge is 0.519 e. The molecule has 0 saturated carbocycles. The fourth-order valence-electron chi connectivity index (χ4n) is 5.68. The number of Topliss-reactive ketones (excluding diaryl/α,β-unsaturated/α-hetero) is 1. The third-order valence-corrected chi connectivity index (χ3v) is 8.09. The van der Waals surface area contributed by atoms with Gasteiger partial charge in [0.15, 0.2) is 18.2 Å². The van der Waals surface area contributed by atoms with Gasteiger partial charge in [-0.1, -0.05) is 19.8 Å². The molecule has 3 atom stereocenters. The highest BCUT2D eigenvalue weighted by Crippen LogP contribution is 2.35. The van der Waals surface area contributed by atoms with Crippen LogP contribution in [0, 0.1) is 6.92 Å². The van der Waals surface area contributed by atoms with Crippen molar-refractivity contribution in [2.75, 3.05) is 46.4 Å². The second kappa shape index (κ2) is 15.0. The van der Waals surface area contributed by atoms with Crippen LogP contribution in [0.15, 0.2) is 37.9 Å². The molecule has 2 saturated heterocycles. The van der Waals surface area contributed by atoms with Gasteiger partial charge in [0.2, 0.25) is 5.91 Å². The molecule has 2 aliphatic rings. The van der Waals surface area contributed by atoms with Crippen molar-refractivity contribution in [1.29, 1.82) is 0 Å². The first kappa shape index (κ1) is 32.8. The molecule has 3 unspecified atom stereocenters. The summed E-state index contributed by atoms with van der Waals surface area (Å²) in [4.78, 5) is 67.3. The van der Waals surface area contributed by atoms with Crippen molar-refractivity contribution in [2.45, 2.75) is 71.1 Å². The minimum absolute atomic E-state index is 0.0579. The van der Waals surface area contributed by atoms with E-state index in [1.54, 1.807) is 36.1 Å². The Hall–Kier alpha value is -4.13. The number of rotatable bonds is 12. The first-order chi connectivity index (χ1) is 21.1. The van der Waals surface area contributed by atoms with Crippen LogP contribution in [0.2, 0.25) is 0 Å². The first-order valence-corrected chi connectivity index (χ1v) is 15.0. The zero-order valence-electron chi connectivity index (χ0n) is 25.7. The number of nitrogens with zero attached hydrogens (tertiary/aromatic N) is 3. The van der Waals surface area contributed by atoms with Gasteiger partial charge >= 0.3 is 17.9 Å². The normalized spacial score (nSPS) is 19.9. The molecule has 0 radical (unpaired) electrons. The molecule has 3 heterocycles. The number of hydrogen-bond donors (Lipinski definition) is 0. The maximum Gasteiger partial charge on any atom is 0.519 e. The Balaban J connectivity index is 1.28. The topological polar surface area (TPSA) is 149 Å². The number of hydrogen-bond acceptors (Lipinski definition) is 11. The fourth-order valence-corrected chi connectivity index (χ4v) is 5.68. The summed E-state index contributed by atoms with van der Waals surface area (Å²) in [6.07, 6.45) is 3.15. The van der Waals surface area contributed by atoms with Gasteiger partial charge in [0.05, 0.1) is 32.3 Å². The van der Waals surface area contributed by atoms with Crippen LogP contribution in [0.1, 0.15) is 73.9 Å². The molecule has 2 aliphatic heterocycles. The molecule has 1 aromatic carbocycles. The molecule has 1 aromatic heterocycles. The Kier molecular flexibility index (Phi) is 11.2. The lowest BCUT2D eigenvalue weighted by Crippen LogP contribution is -2.57. The minimum atomic E-state index is -0.840. The van der Waals surface area contributed by atoms with Crippen molar-refractivity contribution in [1.82, 2.24) is 14.7 Å². The number of carbonyl (C=O) groups is 4. The Morgan fingerprint density at radius 3 is 2.45 bits per heavy atom. The first-order valence-electron chi connectivity index (χ1n) is 15.0. The van der Waals surface area contributed by atoms with Gasteiger partial charge in [-0.25, -0.2) is 14.4 Å². The van der Waals surface area contributed by atoms with E-state index in [-0.39, 0.29) is 49.3 Å². The van der Waals surface area contributed by atoms with E-state index in [0.717, 1.165) is 19.3 Å². The molecular formula is C31H41N3O10. The summed E-state index contributed by atoms with van der Waals surface area (Å²) in [5.41, 5.74) is 0.429. The lowest BCUT2D eigenvalue weighted by atomic mass is 9.93.